The second-order valence-corrected chi connectivity index (χ2v) is 6.95. The summed E-state index contributed by atoms with van der Waals surface area (Å²) in [6.45, 7) is 0.944. The number of alkyl halides is 5. The zero-order chi connectivity index (χ0) is 23.4. The van der Waals surface area contributed by atoms with Crippen LogP contribution in [0.2, 0.25) is 5.02 Å². The summed E-state index contributed by atoms with van der Waals surface area (Å²) >= 11 is 5.77. The largest absolute Gasteiger partial charge is 0.457 e. The van der Waals surface area contributed by atoms with Crippen molar-refractivity contribution in [2.24, 2.45) is 15.9 Å². The molecule has 0 aliphatic heterocycles. The van der Waals surface area contributed by atoms with Crippen molar-refractivity contribution in [3.8, 4) is 6.01 Å². The molecule has 0 spiro atoms. The van der Waals surface area contributed by atoms with Crippen molar-refractivity contribution in [1.82, 2.24) is 9.97 Å². The molecule has 3 N–H and O–H groups in total. The number of aromatic nitrogens is 2. The average molecular weight is 466 g/mol. The van der Waals surface area contributed by atoms with Crippen LogP contribution in [0, 0.1) is 0 Å². The van der Waals surface area contributed by atoms with Gasteiger partial charge < -0.3 is 15.7 Å². The first-order chi connectivity index (χ1) is 14.3. The topological polar surface area (TPSA) is 106 Å². The fourth-order valence-corrected chi connectivity index (χ4v) is 2.41. The number of nitrogens with zero attached hydrogens (tertiary/aromatic N) is 4. The van der Waals surface area contributed by atoms with Gasteiger partial charge in [-0.15, -0.1) is 0 Å². The quantitative estimate of drug-likeness (QED) is 0.277. The molecule has 0 fully saturated rings. The number of hydrazone groups is 1. The number of halogens is 6. The van der Waals surface area contributed by atoms with E-state index in [2.05, 4.69) is 20.1 Å². The molecule has 0 radical (unpaired) electrons. The summed E-state index contributed by atoms with van der Waals surface area (Å²) in [5.41, 5.74) is -3.91. The molecule has 1 heterocycles. The van der Waals surface area contributed by atoms with E-state index in [0.717, 1.165) is 24.7 Å². The van der Waals surface area contributed by atoms with Gasteiger partial charge in [0, 0.05) is 35.5 Å². The Bertz CT molecular complexity index is 973. The first kappa shape index (κ1) is 24.4. The maximum atomic E-state index is 13.5. The minimum absolute atomic E-state index is 0.0507. The van der Waals surface area contributed by atoms with Gasteiger partial charge in [0.2, 0.25) is 0 Å². The Morgan fingerprint density at radius 2 is 1.81 bits per heavy atom. The lowest BCUT2D eigenvalue weighted by atomic mass is 9.99. The number of rotatable bonds is 7. The Morgan fingerprint density at radius 3 is 2.32 bits per heavy atom. The Kier molecular flexibility index (Phi) is 7.17. The van der Waals surface area contributed by atoms with E-state index in [4.69, 9.17) is 22.2 Å². The molecule has 2 aromatic rings. The number of nitrogens with two attached hydrogens (primary N) is 1. The molecule has 0 saturated carbocycles. The van der Waals surface area contributed by atoms with Gasteiger partial charge in [-0.2, -0.15) is 18.3 Å². The fourth-order valence-electron chi connectivity index (χ4n) is 2.13. The molecule has 31 heavy (non-hydrogen) atoms. The van der Waals surface area contributed by atoms with E-state index in [1.54, 1.807) is 0 Å². The summed E-state index contributed by atoms with van der Waals surface area (Å²) in [4.78, 5) is 11.2. The summed E-state index contributed by atoms with van der Waals surface area (Å²) in [5.74, 6) is 2.06. The van der Waals surface area contributed by atoms with Crippen LogP contribution < -0.4 is 10.6 Å². The minimum Gasteiger partial charge on any atom is -0.457 e. The number of hydrogen-bond donors (Lipinski definition) is 2. The number of aliphatic imine (C=N–C) groups is 1. The van der Waals surface area contributed by atoms with E-state index in [1.807, 2.05) is 0 Å². The average Bonchev–Trinajstić information content (AvgIpc) is 2.67. The highest BCUT2D eigenvalue weighted by Gasteiger charge is 2.51. The summed E-state index contributed by atoms with van der Waals surface area (Å²) in [5, 5.41) is 12.9. The van der Waals surface area contributed by atoms with Crippen molar-refractivity contribution in [2.45, 2.75) is 31.5 Å². The summed E-state index contributed by atoms with van der Waals surface area (Å²) in [6, 6.07) is 3.46. The van der Waals surface area contributed by atoms with E-state index in [0.29, 0.717) is 13.8 Å². The highest BCUT2D eigenvalue weighted by molar-refractivity contribution is 6.32. The molecule has 1 aromatic heterocycles. The van der Waals surface area contributed by atoms with Crippen molar-refractivity contribution >= 4 is 29.2 Å². The van der Waals surface area contributed by atoms with Gasteiger partial charge in [-0.3, -0.25) is 4.99 Å². The molecule has 1 aromatic carbocycles. The van der Waals surface area contributed by atoms with E-state index in [1.165, 1.54) is 12.1 Å². The molecule has 0 aliphatic rings. The van der Waals surface area contributed by atoms with Gasteiger partial charge in [0.05, 0.1) is 11.9 Å². The molecule has 13 heteroatoms. The van der Waals surface area contributed by atoms with Crippen molar-refractivity contribution < 1.29 is 31.8 Å². The molecule has 7 nitrogen and oxygen atoms in total. The molecule has 168 valence electrons. The summed E-state index contributed by atoms with van der Waals surface area (Å²) in [6.07, 6.45) is -2.24. The highest BCUT2D eigenvalue weighted by Crippen LogP contribution is 2.38. The van der Waals surface area contributed by atoms with Gasteiger partial charge in [-0.1, -0.05) is 11.6 Å². The molecule has 0 amide bonds. The second-order valence-electron chi connectivity index (χ2n) is 6.54. The van der Waals surface area contributed by atoms with Crippen molar-refractivity contribution in [3.63, 3.8) is 0 Å². The molecule has 1 atom stereocenters. The zero-order valence-electron chi connectivity index (χ0n) is 16.2. The third kappa shape index (κ3) is 6.07. The van der Waals surface area contributed by atoms with Gasteiger partial charge in [0.25, 0.3) is 5.92 Å². The molecular weight excluding hydrogens is 449 g/mol. The monoisotopic (exact) mass is 465 g/mol. The smallest absolute Gasteiger partial charge is 0.421 e. The lowest BCUT2D eigenvalue weighted by Crippen LogP contribution is -2.39. The van der Waals surface area contributed by atoms with Gasteiger partial charge in [-0.25, -0.2) is 18.7 Å². The molecule has 0 bridgehead atoms. The second kappa shape index (κ2) is 9.10. The molecule has 1 unspecified atom stereocenters. The van der Waals surface area contributed by atoms with Crippen LogP contribution in [0.4, 0.5) is 27.6 Å². The lowest BCUT2D eigenvalue weighted by molar-refractivity contribution is -0.259. The maximum Gasteiger partial charge on any atom is 0.421 e. The van der Waals surface area contributed by atoms with Crippen LogP contribution in [-0.4, -0.2) is 39.8 Å². The molecule has 0 aliphatic carbocycles. The van der Waals surface area contributed by atoms with E-state index in [9.17, 15) is 27.1 Å². The standard InChI is InChI=1S/C18H17ClF5N5O2/c1-16(30,18(22,23)24)10-6-27-15(28-7-10)31-9-12(29-25)8-26-11-3-4-14(19)13(5-11)17(2,20)21/h3-8,30H,9,25H2,1-2H3. The molecule has 2 rings (SSSR count). The Balaban J connectivity index is 2.07. The third-order valence-electron chi connectivity index (χ3n) is 4.04. The number of benzene rings is 1. The summed E-state index contributed by atoms with van der Waals surface area (Å²) in [7, 11) is 0. The maximum absolute atomic E-state index is 13.5. The van der Waals surface area contributed by atoms with Crippen LogP contribution in [0.15, 0.2) is 40.7 Å². The number of ether oxygens (including phenoxy) is 1. The Hall–Kier alpha value is -2.86. The SMILES string of the molecule is CC(F)(F)c1cc(N=CC(COc2ncc(C(C)(O)C(F)(F)F)cn2)=NN)ccc1Cl. The van der Waals surface area contributed by atoms with Crippen LogP contribution in [-0.2, 0) is 11.5 Å². The van der Waals surface area contributed by atoms with Crippen LogP contribution in [0.3, 0.4) is 0 Å². The highest BCUT2D eigenvalue weighted by atomic mass is 35.5. The van der Waals surface area contributed by atoms with Crippen molar-refractivity contribution in [2.75, 3.05) is 6.61 Å². The lowest BCUT2D eigenvalue weighted by Gasteiger charge is -2.25. The van der Waals surface area contributed by atoms with Crippen LogP contribution >= 0.6 is 11.6 Å². The van der Waals surface area contributed by atoms with E-state index < -0.39 is 28.8 Å². The summed E-state index contributed by atoms with van der Waals surface area (Å²) < 4.78 is 70.7. The minimum atomic E-state index is -4.92. The fraction of sp³-hybridized carbons (Fsp3) is 0.333. The molecule has 0 saturated heterocycles. The van der Waals surface area contributed by atoms with Gasteiger partial charge in [-0.05, 0) is 25.1 Å². The first-order valence-corrected chi connectivity index (χ1v) is 8.86. The van der Waals surface area contributed by atoms with Crippen LogP contribution in [0.5, 0.6) is 6.01 Å². The first-order valence-electron chi connectivity index (χ1n) is 8.49. The third-order valence-corrected chi connectivity index (χ3v) is 4.37. The predicted octanol–water partition coefficient (Wildman–Crippen LogP) is 4.11. The van der Waals surface area contributed by atoms with E-state index >= 15 is 0 Å². The molecular formula is C18H17ClF5N5O2. The normalized spacial score (nSPS) is 15.2. The van der Waals surface area contributed by atoms with Gasteiger partial charge >= 0.3 is 12.2 Å². The van der Waals surface area contributed by atoms with Crippen molar-refractivity contribution in [3.05, 3.63) is 46.7 Å². The van der Waals surface area contributed by atoms with E-state index in [-0.39, 0.29) is 29.0 Å². The number of hydrogen-bond acceptors (Lipinski definition) is 7. The van der Waals surface area contributed by atoms with Crippen molar-refractivity contribution in [1.29, 1.82) is 0 Å². The Labute approximate surface area is 178 Å². The van der Waals surface area contributed by atoms with Crippen LogP contribution in [0.1, 0.15) is 25.0 Å². The van der Waals surface area contributed by atoms with Gasteiger partial charge in [0.1, 0.15) is 12.3 Å². The Morgan fingerprint density at radius 1 is 1.19 bits per heavy atom. The number of aliphatic hydroxyl groups is 1. The zero-order valence-corrected chi connectivity index (χ0v) is 16.9. The predicted molar refractivity (Wildman–Crippen MR) is 104 cm³/mol. The van der Waals surface area contributed by atoms with Crippen LogP contribution in [0.25, 0.3) is 0 Å². The van der Waals surface area contributed by atoms with Gasteiger partial charge in [0.15, 0.2) is 5.60 Å².